The van der Waals surface area contributed by atoms with E-state index in [1.807, 2.05) is 0 Å². The average Bonchev–Trinajstić information content (AvgIpc) is 2.64. The van der Waals surface area contributed by atoms with E-state index in [4.69, 9.17) is 4.74 Å². The van der Waals surface area contributed by atoms with Crippen molar-refractivity contribution in [1.82, 2.24) is 0 Å². The molecule has 2 aromatic carbocycles. The summed E-state index contributed by atoms with van der Waals surface area (Å²) in [6.07, 6.45) is 0. The summed E-state index contributed by atoms with van der Waals surface area (Å²) in [6.45, 7) is 1.93. The molecular formula is C18H14FNO4S. The molecule has 0 spiro atoms. The molecule has 0 unspecified atom stereocenters. The van der Waals surface area contributed by atoms with Crippen molar-refractivity contribution >= 4 is 27.7 Å². The molecule has 5 nitrogen and oxygen atoms in total. The summed E-state index contributed by atoms with van der Waals surface area (Å²) in [7, 11) is 0. The molecule has 0 radical (unpaired) electrons. The van der Waals surface area contributed by atoms with Crippen molar-refractivity contribution in [2.75, 3.05) is 11.7 Å². The lowest BCUT2D eigenvalue weighted by Crippen LogP contribution is -2.34. The van der Waals surface area contributed by atoms with Crippen molar-refractivity contribution < 1.29 is 23.3 Å². The minimum absolute atomic E-state index is 0.0702. The number of benzene rings is 2. The molecule has 25 heavy (non-hydrogen) atoms. The summed E-state index contributed by atoms with van der Waals surface area (Å²) in [6, 6.07) is 10.9. The van der Waals surface area contributed by atoms with Gasteiger partial charge in [-0.3, -0.25) is 10.0 Å². The number of amides is 1. The Labute approximate surface area is 147 Å². The molecule has 0 fully saturated rings. The quantitative estimate of drug-likeness (QED) is 0.293. The predicted molar refractivity (Wildman–Crippen MR) is 93.3 cm³/mol. The van der Waals surface area contributed by atoms with Gasteiger partial charge < -0.3 is 4.74 Å². The zero-order chi connectivity index (χ0) is 18.2. The van der Waals surface area contributed by atoms with Crippen LogP contribution in [0.2, 0.25) is 0 Å². The van der Waals surface area contributed by atoms with E-state index in [-0.39, 0.29) is 34.0 Å². The van der Waals surface area contributed by atoms with Crippen molar-refractivity contribution in [3.05, 3.63) is 59.9 Å². The number of anilines is 1. The van der Waals surface area contributed by atoms with E-state index >= 15 is 0 Å². The van der Waals surface area contributed by atoms with Crippen LogP contribution in [0.4, 0.5) is 10.1 Å². The highest BCUT2D eigenvalue weighted by Gasteiger charge is 2.21. The number of ether oxygens (including phenoxy) is 1. The summed E-state index contributed by atoms with van der Waals surface area (Å²) >= 11 is -0.0702. The summed E-state index contributed by atoms with van der Waals surface area (Å²) in [5.74, 6) is 4.56. The molecular weight excluding hydrogens is 345 g/mol. The topological polar surface area (TPSA) is 66.8 Å². The molecule has 0 aliphatic heterocycles. The Morgan fingerprint density at radius 1 is 1.20 bits per heavy atom. The van der Waals surface area contributed by atoms with Crippen LogP contribution in [-0.2, 0) is 16.1 Å². The third-order valence-electron chi connectivity index (χ3n) is 3.15. The van der Waals surface area contributed by atoms with Crippen LogP contribution in [0.25, 0.3) is 0 Å². The van der Waals surface area contributed by atoms with Gasteiger partial charge in [0.1, 0.15) is 34.3 Å². The van der Waals surface area contributed by atoms with E-state index < -0.39 is 11.7 Å². The van der Waals surface area contributed by atoms with Gasteiger partial charge in [0, 0.05) is 5.56 Å². The zero-order valence-corrected chi connectivity index (χ0v) is 14.0. The molecule has 1 N–H and O–H groups in total. The first-order valence-electron chi connectivity index (χ1n) is 7.15. The highest BCUT2D eigenvalue weighted by molar-refractivity contribution is 7.69. The second-order valence-corrected chi connectivity index (χ2v) is 5.32. The molecule has 1 amide bonds. The normalized spacial score (nSPS) is 9.56. The van der Waals surface area contributed by atoms with Crippen molar-refractivity contribution in [3.8, 4) is 17.6 Å². The maximum Gasteiger partial charge on any atom is 0.295 e. The Morgan fingerprint density at radius 2 is 1.84 bits per heavy atom. The van der Waals surface area contributed by atoms with E-state index in [0.29, 0.717) is 10.8 Å². The lowest BCUT2D eigenvalue weighted by molar-refractivity contribution is -0.116. The highest BCUT2D eigenvalue weighted by Crippen LogP contribution is 2.19. The Kier molecular flexibility index (Phi) is 6.46. The second kappa shape index (κ2) is 8.78. The van der Waals surface area contributed by atoms with E-state index in [0.717, 1.165) is 12.1 Å². The largest absolute Gasteiger partial charge is 0.481 e. The first-order chi connectivity index (χ1) is 12.1. The Morgan fingerprint density at radius 3 is 2.40 bits per heavy atom. The Bertz CT molecular complexity index is 863. The van der Waals surface area contributed by atoms with Gasteiger partial charge in [-0.2, -0.15) is 5.06 Å². The van der Waals surface area contributed by atoms with Gasteiger partial charge in [0.05, 0.1) is 5.69 Å². The molecule has 128 valence electrons. The van der Waals surface area contributed by atoms with Crippen molar-refractivity contribution in [3.63, 3.8) is 0 Å². The molecule has 0 bridgehead atoms. The monoisotopic (exact) mass is 359 g/mol. The molecule has 0 aliphatic rings. The van der Waals surface area contributed by atoms with Gasteiger partial charge >= 0.3 is 0 Å². The number of carbonyl (C=O) groups excluding carboxylic acids is 1. The number of rotatable bonds is 5. The van der Waals surface area contributed by atoms with Gasteiger partial charge in [0.2, 0.25) is 0 Å². The number of nitrogens with zero attached hydrogens (tertiary/aromatic N) is 1. The van der Waals surface area contributed by atoms with Crippen LogP contribution in [0.15, 0.2) is 48.5 Å². The Balaban J connectivity index is 2.16. The van der Waals surface area contributed by atoms with Gasteiger partial charge in [0.15, 0.2) is 0 Å². The molecule has 0 saturated carbocycles. The lowest BCUT2D eigenvalue weighted by Gasteiger charge is -2.15. The first-order valence-corrected chi connectivity index (χ1v) is 7.89. The first kappa shape index (κ1) is 18.4. The Hall–Kier alpha value is -2.95. The third-order valence-corrected chi connectivity index (χ3v) is 3.72. The van der Waals surface area contributed by atoms with Crippen molar-refractivity contribution in [2.45, 2.75) is 6.92 Å². The maximum absolute atomic E-state index is 13.0. The second-order valence-electron chi connectivity index (χ2n) is 4.75. The fraction of sp³-hybridized carbons (Fsp3) is 0.111. The van der Waals surface area contributed by atoms with Crippen LogP contribution < -0.4 is 9.80 Å². The number of hydroxylamine groups is 1. The van der Waals surface area contributed by atoms with Crippen LogP contribution in [0.5, 0.6) is 5.75 Å². The molecule has 2 rings (SSSR count). The summed E-state index contributed by atoms with van der Waals surface area (Å²) < 4.78 is 29.6. The zero-order valence-electron chi connectivity index (χ0n) is 13.2. The van der Waals surface area contributed by atoms with E-state index in [1.54, 1.807) is 19.1 Å². The van der Waals surface area contributed by atoms with Gasteiger partial charge in [-0.05, 0) is 43.3 Å². The standard InChI is InChI=1S/C18H14FNO4S/c1-2-3-12-24-16-10-8-15(9-11-16)20(22)18(21)17(25-23)13-4-6-14(19)7-5-13/h4-11,22H,12H2,1H3. The van der Waals surface area contributed by atoms with Gasteiger partial charge in [-0.25, -0.2) is 8.60 Å². The smallest absolute Gasteiger partial charge is 0.295 e. The molecule has 2 aromatic rings. The lowest BCUT2D eigenvalue weighted by atomic mass is 10.1. The fourth-order valence-electron chi connectivity index (χ4n) is 1.90. The number of hydrogen-bond donors (Lipinski definition) is 1. The molecule has 0 heterocycles. The van der Waals surface area contributed by atoms with E-state index in [9.17, 15) is 18.6 Å². The van der Waals surface area contributed by atoms with E-state index in [2.05, 4.69) is 11.8 Å². The van der Waals surface area contributed by atoms with Crippen LogP contribution in [0.1, 0.15) is 12.5 Å². The number of halogens is 1. The SMILES string of the molecule is CC#CCOc1ccc(N(O)C(=O)C(=S=O)c2ccc(F)cc2)cc1. The molecule has 0 aliphatic carbocycles. The third kappa shape index (κ3) is 4.76. The van der Waals surface area contributed by atoms with Crippen LogP contribution in [-0.4, -0.2) is 26.8 Å². The maximum atomic E-state index is 13.0. The van der Waals surface area contributed by atoms with Crippen LogP contribution >= 0.6 is 0 Å². The number of carbonyl (C=O) groups is 1. The van der Waals surface area contributed by atoms with Gasteiger partial charge in [-0.1, -0.05) is 18.1 Å². The predicted octanol–water partition coefficient (Wildman–Crippen LogP) is 2.38. The van der Waals surface area contributed by atoms with Gasteiger partial charge in [0.25, 0.3) is 5.91 Å². The van der Waals surface area contributed by atoms with Gasteiger partial charge in [-0.15, -0.1) is 5.92 Å². The summed E-state index contributed by atoms with van der Waals surface area (Å²) in [5, 5.41) is 10.4. The number of hydrogen-bond acceptors (Lipinski definition) is 4. The molecule has 0 aromatic heterocycles. The summed E-state index contributed by atoms with van der Waals surface area (Å²) in [4.78, 5) is 12.1. The van der Waals surface area contributed by atoms with Crippen LogP contribution in [0, 0.1) is 17.7 Å². The fourth-order valence-corrected chi connectivity index (χ4v) is 2.29. The van der Waals surface area contributed by atoms with Crippen LogP contribution in [0.3, 0.4) is 0 Å². The minimum Gasteiger partial charge on any atom is -0.481 e. The molecule has 7 heteroatoms. The molecule has 0 atom stereocenters. The average molecular weight is 359 g/mol. The molecule has 0 saturated heterocycles. The van der Waals surface area contributed by atoms with E-state index in [1.165, 1.54) is 24.3 Å². The van der Waals surface area contributed by atoms with Crippen molar-refractivity contribution in [1.29, 1.82) is 0 Å². The minimum atomic E-state index is -0.905. The van der Waals surface area contributed by atoms with Crippen molar-refractivity contribution in [2.24, 2.45) is 0 Å². The highest BCUT2D eigenvalue weighted by atomic mass is 32.1. The summed E-state index contributed by atoms with van der Waals surface area (Å²) in [5.41, 5.74) is 0.385.